The van der Waals surface area contributed by atoms with Gasteiger partial charge in [-0.3, -0.25) is 0 Å². The van der Waals surface area contributed by atoms with Crippen LogP contribution in [0.15, 0.2) is 0 Å². The van der Waals surface area contributed by atoms with Crippen molar-refractivity contribution in [2.45, 2.75) is 45.6 Å². The van der Waals surface area contributed by atoms with E-state index in [1.807, 2.05) is 0 Å². The van der Waals surface area contributed by atoms with E-state index in [0.29, 0.717) is 6.10 Å². The van der Waals surface area contributed by atoms with Crippen molar-refractivity contribution in [3.63, 3.8) is 0 Å². The largest absolute Gasteiger partial charge is 0.396 e. The molecule has 0 aromatic heterocycles. The summed E-state index contributed by atoms with van der Waals surface area (Å²) in [6.07, 6.45) is 4.88. The van der Waals surface area contributed by atoms with Crippen LogP contribution in [-0.4, -0.2) is 49.5 Å². The monoisotopic (exact) mass is 229 g/mol. The quantitative estimate of drug-likeness (QED) is 0.723. The van der Waals surface area contributed by atoms with Crippen LogP contribution in [0.25, 0.3) is 0 Å². The molecular formula is C13H27NO2. The zero-order valence-electron chi connectivity index (χ0n) is 11.0. The first-order valence-corrected chi connectivity index (χ1v) is 6.57. The number of aliphatic hydroxyl groups is 1. The van der Waals surface area contributed by atoms with Gasteiger partial charge in [0.05, 0.1) is 6.10 Å². The Morgan fingerprint density at radius 2 is 2.06 bits per heavy atom. The predicted molar refractivity (Wildman–Crippen MR) is 66.6 cm³/mol. The van der Waals surface area contributed by atoms with Crippen LogP contribution in [0.5, 0.6) is 0 Å². The number of likely N-dealkylation sites (N-methyl/N-ethyl adjacent to an activating group) is 1. The number of rotatable bonds is 7. The van der Waals surface area contributed by atoms with Crippen molar-refractivity contribution in [2.24, 2.45) is 5.41 Å². The topological polar surface area (TPSA) is 32.7 Å². The molecule has 1 heterocycles. The van der Waals surface area contributed by atoms with Crippen molar-refractivity contribution in [3.05, 3.63) is 0 Å². The van der Waals surface area contributed by atoms with E-state index in [9.17, 15) is 5.11 Å². The number of hydrogen-bond acceptors (Lipinski definition) is 3. The normalized spacial score (nSPS) is 21.9. The van der Waals surface area contributed by atoms with E-state index >= 15 is 0 Å². The van der Waals surface area contributed by atoms with Crippen molar-refractivity contribution in [2.75, 3.05) is 33.4 Å². The van der Waals surface area contributed by atoms with Crippen molar-refractivity contribution in [1.82, 2.24) is 4.90 Å². The van der Waals surface area contributed by atoms with Gasteiger partial charge in [0, 0.05) is 31.7 Å². The Bertz CT molecular complexity index is 178. The van der Waals surface area contributed by atoms with E-state index in [1.165, 1.54) is 12.8 Å². The molecule has 1 saturated heterocycles. The molecular weight excluding hydrogens is 202 g/mol. The molecule has 0 aliphatic carbocycles. The standard InChI is InChI=1S/C13H27NO2/c1-4-13(5-2,11-15)10-14(3)9-12-7-6-8-16-12/h12,15H,4-11H2,1-3H3. The molecule has 1 N–H and O–H groups in total. The number of aliphatic hydroxyl groups excluding tert-OH is 1. The molecule has 1 unspecified atom stereocenters. The first kappa shape index (κ1) is 13.9. The molecule has 0 bridgehead atoms. The second-order valence-electron chi connectivity index (χ2n) is 5.20. The Hall–Kier alpha value is -0.120. The van der Waals surface area contributed by atoms with E-state index in [-0.39, 0.29) is 12.0 Å². The molecule has 0 amide bonds. The molecule has 3 nitrogen and oxygen atoms in total. The lowest BCUT2D eigenvalue weighted by molar-refractivity contribution is 0.0400. The second kappa shape index (κ2) is 6.58. The predicted octanol–water partition coefficient (Wildman–Crippen LogP) is 1.90. The van der Waals surface area contributed by atoms with Gasteiger partial charge in [0.1, 0.15) is 0 Å². The molecule has 0 spiro atoms. The molecule has 1 atom stereocenters. The van der Waals surface area contributed by atoms with E-state index in [0.717, 1.165) is 32.5 Å². The van der Waals surface area contributed by atoms with Gasteiger partial charge in [0.15, 0.2) is 0 Å². The first-order valence-electron chi connectivity index (χ1n) is 6.57. The van der Waals surface area contributed by atoms with Crippen molar-refractivity contribution < 1.29 is 9.84 Å². The number of ether oxygens (including phenoxy) is 1. The highest BCUT2D eigenvalue weighted by Crippen LogP contribution is 2.27. The summed E-state index contributed by atoms with van der Waals surface area (Å²) in [5, 5.41) is 9.53. The van der Waals surface area contributed by atoms with Crippen molar-refractivity contribution in [1.29, 1.82) is 0 Å². The SMILES string of the molecule is CCC(CC)(CO)CN(C)CC1CCCO1. The molecule has 1 fully saturated rings. The summed E-state index contributed by atoms with van der Waals surface area (Å²) in [7, 11) is 2.14. The maximum absolute atomic E-state index is 9.53. The fourth-order valence-electron chi connectivity index (χ4n) is 2.52. The molecule has 0 aromatic rings. The van der Waals surface area contributed by atoms with Crippen molar-refractivity contribution in [3.8, 4) is 0 Å². The molecule has 0 radical (unpaired) electrons. The third kappa shape index (κ3) is 3.72. The molecule has 3 heteroatoms. The Balaban J connectivity index is 2.38. The van der Waals surface area contributed by atoms with Gasteiger partial charge in [-0.2, -0.15) is 0 Å². The van der Waals surface area contributed by atoms with Crippen LogP contribution >= 0.6 is 0 Å². The minimum absolute atomic E-state index is 0.0767. The van der Waals surface area contributed by atoms with Crippen molar-refractivity contribution >= 4 is 0 Å². The fraction of sp³-hybridized carbons (Fsp3) is 1.00. The Labute approximate surface area is 99.8 Å². The van der Waals surface area contributed by atoms with E-state index < -0.39 is 0 Å². The van der Waals surface area contributed by atoms with Crippen LogP contribution < -0.4 is 0 Å². The highest BCUT2D eigenvalue weighted by atomic mass is 16.5. The third-order valence-electron chi connectivity index (χ3n) is 3.98. The van der Waals surface area contributed by atoms with Crippen LogP contribution in [-0.2, 0) is 4.74 Å². The van der Waals surface area contributed by atoms with E-state index in [4.69, 9.17) is 4.74 Å². The molecule has 96 valence electrons. The molecule has 1 aliphatic heterocycles. The van der Waals surface area contributed by atoms with Crippen LogP contribution in [0.3, 0.4) is 0 Å². The molecule has 16 heavy (non-hydrogen) atoms. The van der Waals surface area contributed by atoms with Gasteiger partial charge in [0.25, 0.3) is 0 Å². The Kier molecular flexibility index (Phi) is 5.73. The van der Waals surface area contributed by atoms with E-state index in [1.54, 1.807) is 0 Å². The summed E-state index contributed by atoms with van der Waals surface area (Å²) >= 11 is 0. The summed E-state index contributed by atoms with van der Waals surface area (Å²) in [6, 6.07) is 0. The zero-order chi connectivity index (χ0) is 12.0. The summed E-state index contributed by atoms with van der Waals surface area (Å²) < 4.78 is 5.63. The number of hydrogen-bond donors (Lipinski definition) is 1. The molecule has 0 aromatic carbocycles. The van der Waals surface area contributed by atoms with Gasteiger partial charge >= 0.3 is 0 Å². The highest BCUT2D eigenvalue weighted by Gasteiger charge is 2.28. The lowest BCUT2D eigenvalue weighted by Crippen LogP contribution is -2.40. The average Bonchev–Trinajstić information content (AvgIpc) is 2.79. The van der Waals surface area contributed by atoms with Crippen LogP contribution in [0, 0.1) is 5.41 Å². The maximum Gasteiger partial charge on any atom is 0.0702 e. The average molecular weight is 229 g/mol. The summed E-state index contributed by atoms with van der Waals surface area (Å²) in [6.45, 7) is 7.51. The third-order valence-corrected chi connectivity index (χ3v) is 3.98. The van der Waals surface area contributed by atoms with Gasteiger partial charge in [-0.25, -0.2) is 0 Å². The Morgan fingerprint density at radius 1 is 1.38 bits per heavy atom. The minimum atomic E-state index is 0.0767. The second-order valence-corrected chi connectivity index (χ2v) is 5.20. The summed E-state index contributed by atoms with van der Waals surface area (Å²) in [5.74, 6) is 0. The van der Waals surface area contributed by atoms with E-state index in [2.05, 4.69) is 25.8 Å². The first-order chi connectivity index (χ1) is 7.65. The lowest BCUT2D eigenvalue weighted by Gasteiger charge is -2.34. The summed E-state index contributed by atoms with van der Waals surface area (Å²) in [4.78, 5) is 2.32. The highest BCUT2D eigenvalue weighted by molar-refractivity contribution is 4.80. The molecule has 1 rings (SSSR count). The fourth-order valence-corrected chi connectivity index (χ4v) is 2.52. The summed E-state index contributed by atoms with van der Waals surface area (Å²) in [5.41, 5.74) is 0.0767. The van der Waals surface area contributed by atoms with Gasteiger partial charge < -0.3 is 14.7 Å². The van der Waals surface area contributed by atoms with Gasteiger partial charge in [-0.1, -0.05) is 13.8 Å². The van der Waals surface area contributed by atoms with Crippen LogP contribution in [0.4, 0.5) is 0 Å². The maximum atomic E-state index is 9.53. The zero-order valence-corrected chi connectivity index (χ0v) is 11.0. The van der Waals surface area contributed by atoms with Gasteiger partial charge in [0.2, 0.25) is 0 Å². The molecule has 0 saturated carbocycles. The smallest absolute Gasteiger partial charge is 0.0702 e. The van der Waals surface area contributed by atoms with Crippen LogP contribution in [0.1, 0.15) is 39.5 Å². The van der Waals surface area contributed by atoms with Gasteiger partial charge in [-0.05, 0) is 32.7 Å². The lowest BCUT2D eigenvalue weighted by atomic mass is 9.83. The number of nitrogens with zero attached hydrogens (tertiary/aromatic N) is 1. The van der Waals surface area contributed by atoms with Gasteiger partial charge in [-0.15, -0.1) is 0 Å². The minimum Gasteiger partial charge on any atom is -0.396 e. The van der Waals surface area contributed by atoms with Crippen LogP contribution in [0.2, 0.25) is 0 Å². The molecule has 1 aliphatic rings. The Morgan fingerprint density at radius 3 is 2.50 bits per heavy atom.